The number of oxazole rings is 1. The Kier molecular flexibility index (Phi) is 6.46. The van der Waals surface area contributed by atoms with Crippen LogP contribution in [0, 0.1) is 6.92 Å². The standard InChI is InChI=1S/C23H24ClN5OS/c1-15-5-7-17(8-6-15)22-25-19(13-30-22)14-31-23-27-26-21(16(2)28(3)4)29(23)20-11-9-18(24)10-12-20/h5-13,16H,14H2,1-4H3. The van der Waals surface area contributed by atoms with E-state index in [4.69, 9.17) is 16.0 Å². The second-order valence-electron chi connectivity index (χ2n) is 7.59. The Morgan fingerprint density at radius 1 is 1.06 bits per heavy atom. The Morgan fingerprint density at radius 2 is 1.77 bits per heavy atom. The summed E-state index contributed by atoms with van der Waals surface area (Å²) in [7, 11) is 4.06. The topological polar surface area (TPSA) is 60.0 Å². The molecule has 0 fully saturated rings. The number of aromatic nitrogens is 4. The molecule has 1 unspecified atom stereocenters. The van der Waals surface area contributed by atoms with Gasteiger partial charge in [0.25, 0.3) is 0 Å². The van der Waals surface area contributed by atoms with Crippen LogP contribution in [0.5, 0.6) is 0 Å². The van der Waals surface area contributed by atoms with Gasteiger partial charge in [-0.05, 0) is 64.3 Å². The molecular formula is C23H24ClN5OS. The van der Waals surface area contributed by atoms with Crippen molar-refractivity contribution in [3.63, 3.8) is 0 Å². The number of thioether (sulfide) groups is 1. The maximum atomic E-state index is 6.10. The van der Waals surface area contributed by atoms with Gasteiger partial charge in [0.05, 0.1) is 11.7 Å². The number of halogens is 1. The molecule has 0 aliphatic carbocycles. The molecule has 4 aromatic rings. The van der Waals surface area contributed by atoms with Gasteiger partial charge < -0.3 is 4.42 Å². The minimum Gasteiger partial charge on any atom is -0.444 e. The van der Waals surface area contributed by atoms with Crippen LogP contribution in [0.15, 0.2) is 64.4 Å². The van der Waals surface area contributed by atoms with E-state index in [0.29, 0.717) is 16.7 Å². The molecule has 2 aromatic carbocycles. The lowest BCUT2D eigenvalue weighted by Crippen LogP contribution is -2.20. The summed E-state index contributed by atoms with van der Waals surface area (Å²) in [5.41, 5.74) is 4.00. The number of nitrogens with zero attached hydrogens (tertiary/aromatic N) is 5. The first-order valence-corrected chi connectivity index (χ1v) is 11.3. The fourth-order valence-corrected chi connectivity index (χ4v) is 4.01. The first-order valence-electron chi connectivity index (χ1n) is 9.94. The smallest absolute Gasteiger partial charge is 0.226 e. The lowest BCUT2D eigenvalue weighted by Gasteiger charge is -2.20. The molecule has 0 bridgehead atoms. The zero-order valence-corrected chi connectivity index (χ0v) is 19.5. The van der Waals surface area contributed by atoms with Crippen molar-refractivity contribution in [3.8, 4) is 17.1 Å². The van der Waals surface area contributed by atoms with Crippen LogP contribution in [0.4, 0.5) is 0 Å². The number of rotatable bonds is 7. The molecule has 4 rings (SSSR count). The lowest BCUT2D eigenvalue weighted by molar-refractivity contribution is 0.305. The van der Waals surface area contributed by atoms with E-state index in [0.717, 1.165) is 27.9 Å². The van der Waals surface area contributed by atoms with E-state index in [1.807, 2.05) is 50.5 Å². The molecule has 31 heavy (non-hydrogen) atoms. The number of benzene rings is 2. The van der Waals surface area contributed by atoms with Crippen molar-refractivity contribution >= 4 is 23.4 Å². The van der Waals surface area contributed by atoms with Crippen LogP contribution < -0.4 is 0 Å². The number of hydrogen-bond acceptors (Lipinski definition) is 6. The molecule has 0 aliphatic rings. The highest BCUT2D eigenvalue weighted by Crippen LogP contribution is 2.30. The molecule has 1 atom stereocenters. The summed E-state index contributed by atoms with van der Waals surface area (Å²) < 4.78 is 7.77. The Bertz CT molecular complexity index is 1150. The first kappa shape index (κ1) is 21.6. The molecule has 0 aliphatic heterocycles. The van der Waals surface area contributed by atoms with Gasteiger partial charge in [-0.1, -0.05) is 41.1 Å². The molecular weight excluding hydrogens is 430 g/mol. The highest BCUT2D eigenvalue weighted by atomic mass is 35.5. The van der Waals surface area contributed by atoms with Crippen LogP contribution in [0.3, 0.4) is 0 Å². The molecule has 8 heteroatoms. The zero-order valence-electron chi connectivity index (χ0n) is 17.9. The van der Waals surface area contributed by atoms with Crippen molar-refractivity contribution in [1.82, 2.24) is 24.6 Å². The fourth-order valence-electron chi connectivity index (χ4n) is 3.05. The van der Waals surface area contributed by atoms with E-state index in [1.165, 1.54) is 5.56 Å². The van der Waals surface area contributed by atoms with Gasteiger partial charge in [0.15, 0.2) is 11.0 Å². The summed E-state index contributed by atoms with van der Waals surface area (Å²) in [4.78, 5) is 6.75. The van der Waals surface area contributed by atoms with E-state index in [2.05, 4.69) is 50.6 Å². The quantitative estimate of drug-likeness (QED) is 0.329. The van der Waals surface area contributed by atoms with Crippen LogP contribution in [-0.2, 0) is 5.75 Å². The molecule has 0 saturated carbocycles. The Balaban J connectivity index is 1.59. The van der Waals surface area contributed by atoms with Crippen molar-refractivity contribution in [2.45, 2.75) is 30.8 Å². The Morgan fingerprint density at radius 3 is 2.45 bits per heavy atom. The van der Waals surface area contributed by atoms with Gasteiger partial charge in [0, 0.05) is 22.0 Å². The number of hydrogen-bond donors (Lipinski definition) is 0. The van der Waals surface area contributed by atoms with Crippen molar-refractivity contribution in [3.05, 3.63) is 76.9 Å². The van der Waals surface area contributed by atoms with Crippen molar-refractivity contribution < 1.29 is 4.42 Å². The largest absolute Gasteiger partial charge is 0.444 e. The lowest BCUT2D eigenvalue weighted by atomic mass is 10.1. The molecule has 160 valence electrons. The molecule has 0 spiro atoms. The van der Waals surface area contributed by atoms with Crippen LogP contribution in [0.2, 0.25) is 5.02 Å². The average Bonchev–Trinajstić information content (AvgIpc) is 3.40. The maximum absolute atomic E-state index is 6.10. The highest BCUT2D eigenvalue weighted by molar-refractivity contribution is 7.98. The zero-order chi connectivity index (χ0) is 22.0. The molecule has 0 amide bonds. The highest BCUT2D eigenvalue weighted by Gasteiger charge is 2.21. The Hall–Kier alpha value is -2.61. The third-order valence-corrected chi connectivity index (χ3v) is 6.31. The van der Waals surface area contributed by atoms with E-state index in [9.17, 15) is 0 Å². The SMILES string of the molecule is Cc1ccc(-c2nc(CSc3nnc(C(C)N(C)C)n3-c3ccc(Cl)cc3)co2)cc1. The van der Waals surface area contributed by atoms with Gasteiger partial charge in [0.1, 0.15) is 6.26 Å². The predicted octanol–water partition coefficient (Wildman–Crippen LogP) is 5.80. The summed E-state index contributed by atoms with van der Waals surface area (Å²) in [5.74, 6) is 2.12. The van der Waals surface area contributed by atoms with E-state index in [1.54, 1.807) is 18.0 Å². The second kappa shape index (κ2) is 9.26. The summed E-state index contributed by atoms with van der Waals surface area (Å²) >= 11 is 7.67. The summed E-state index contributed by atoms with van der Waals surface area (Å²) in [5, 5.41) is 10.4. The van der Waals surface area contributed by atoms with Gasteiger partial charge in [0.2, 0.25) is 5.89 Å². The van der Waals surface area contributed by atoms with Crippen molar-refractivity contribution in [2.75, 3.05) is 14.1 Å². The Labute approximate surface area is 191 Å². The third kappa shape index (κ3) is 4.84. The van der Waals surface area contributed by atoms with Crippen molar-refractivity contribution in [2.24, 2.45) is 0 Å². The summed E-state index contributed by atoms with van der Waals surface area (Å²) in [6.07, 6.45) is 1.70. The minimum atomic E-state index is 0.0951. The molecule has 0 radical (unpaired) electrons. The molecule has 0 N–H and O–H groups in total. The third-order valence-electron chi connectivity index (χ3n) is 5.09. The first-order chi connectivity index (χ1) is 14.9. The van der Waals surface area contributed by atoms with Crippen LogP contribution in [-0.4, -0.2) is 38.7 Å². The normalized spacial score (nSPS) is 12.5. The monoisotopic (exact) mass is 453 g/mol. The van der Waals surface area contributed by atoms with Gasteiger partial charge in [-0.25, -0.2) is 4.98 Å². The van der Waals surface area contributed by atoms with Gasteiger partial charge in [-0.2, -0.15) is 0 Å². The second-order valence-corrected chi connectivity index (χ2v) is 8.97. The predicted molar refractivity (Wildman–Crippen MR) is 125 cm³/mol. The van der Waals surface area contributed by atoms with Gasteiger partial charge in [-0.3, -0.25) is 9.47 Å². The van der Waals surface area contributed by atoms with Crippen LogP contribution >= 0.6 is 23.4 Å². The number of aryl methyl sites for hydroxylation is 1. The summed E-state index contributed by atoms with van der Waals surface area (Å²) in [6.45, 7) is 4.17. The van der Waals surface area contributed by atoms with Crippen molar-refractivity contribution in [1.29, 1.82) is 0 Å². The average molecular weight is 454 g/mol. The molecule has 2 aromatic heterocycles. The van der Waals surface area contributed by atoms with Gasteiger partial charge in [-0.15, -0.1) is 10.2 Å². The van der Waals surface area contributed by atoms with Crippen LogP contribution in [0.25, 0.3) is 17.1 Å². The molecule has 6 nitrogen and oxygen atoms in total. The fraction of sp³-hybridized carbons (Fsp3) is 0.261. The summed E-state index contributed by atoms with van der Waals surface area (Å²) in [6, 6.07) is 15.9. The van der Waals surface area contributed by atoms with E-state index < -0.39 is 0 Å². The molecule has 2 heterocycles. The van der Waals surface area contributed by atoms with Gasteiger partial charge >= 0.3 is 0 Å². The molecule has 0 saturated heterocycles. The van der Waals surface area contributed by atoms with E-state index in [-0.39, 0.29) is 6.04 Å². The van der Waals surface area contributed by atoms with Crippen LogP contribution in [0.1, 0.15) is 30.0 Å². The maximum Gasteiger partial charge on any atom is 0.226 e. The van der Waals surface area contributed by atoms with E-state index >= 15 is 0 Å². The minimum absolute atomic E-state index is 0.0951.